The number of hydrogen-bond donors (Lipinski definition) is 0. The summed E-state index contributed by atoms with van der Waals surface area (Å²) in [6, 6.07) is 0. The van der Waals surface area contributed by atoms with Crippen molar-refractivity contribution in [3.8, 4) is 0 Å². The molecule has 0 aliphatic carbocycles. The molecule has 4 heteroatoms. The van der Waals surface area contributed by atoms with Crippen molar-refractivity contribution in [1.29, 1.82) is 0 Å². The number of cyclic esters (lactones) is 1. The molecule has 2 rings (SSSR count). The van der Waals surface area contributed by atoms with Gasteiger partial charge in [-0.05, 0) is 20.8 Å². The van der Waals surface area contributed by atoms with Crippen molar-refractivity contribution in [2.75, 3.05) is 6.61 Å². The van der Waals surface area contributed by atoms with Crippen LogP contribution in [-0.4, -0.2) is 30.6 Å². The van der Waals surface area contributed by atoms with Crippen LogP contribution < -0.4 is 0 Å². The first-order valence-corrected chi connectivity index (χ1v) is 4.52. The quantitative estimate of drug-likeness (QED) is 0.565. The molecule has 0 spiro atoms. The van der Waals surface area contributed by atoms with Gasteiger partial charge >= 0.3 is 5.97 Å². The fourth-order valence-corrected chi connectivity index (χ4v) is 1.68. The number of carbonyl (C=O) groups is 1. The van der Waals surface area contributed by atoms with E-state index in [-0.39, 0.29) is 24.1 Å². The second-order valence-electron chi connectivity index (χ2n) is 4.06. The molecule has 3 unspecified atom stereocenters. The SMILES string of the molecule is CC1C(=O)OC1C1COC(C)(C)O1. The number of carbonyl (C=O) groups excluding carboxylic acids is 1. The summed E-state index contributed by atoms with van der Waals surface area (Å²) in [5.74, 6) is -0.729. The number of ether oxygens (including phenoxy) is 3. The Morgan fingerprint density at radius 1 is 1.46 bits per heavy atom. The van der Waals surface area contributed by atoms with Crippen molar-refractivity contribution in [3.05, 3.63) is 0 Å². The largest absolute Gasteiger partial charge is 0.458 e. The zero-order chi connectivity index (χ0) is 9.64. The van der Waals surface area contributed by atoms with Crippen LogP contribution in [0.5, 0.6) is 0 Å². The van der Waals surface area contributed by atoms with E-state index in [1.807, 2.05) is 20.8 Å². The van der Waals surface area contributed by atoms with Crippen molar-refractivity contribution < 1.29 is 19.0 Å². The lowest BCUT2D eigenvalue weighted by Crippen LogP contribution is -2.51. The van der Waals surface area contributed by atoms with Gasteiger partial charge < -0.3 is 14.2 Å². The maximum Gasteiger partial charge on any atom is 0.312 e. The zero-order valence-corrected chi connectivity index (χ0v) is 8.07. The maximum atomic E-state index is 10.8. The Morgan fingerprint density at radius 3 is 2.54 bits per heavy atom. The van der Waals surface area contributed by atoms with Crippen molar-refractivity contribution in [1.82, 2.24) is 0 Å². The highest BCUT2D eigenvalue weighted by Gasteiger charge is 2.49. The normalized spacial score (nSPS) is 42.7. The van der Waals surface area contributed by atoms with Gasteiger partial charge in [-0.1, -0.05) is 0 Å². The molecular formula is C9H14O4. The molecule has 2 aliphatic heterocycles. The number of rotatable bonds is 1. The van der Waals surface area contributed by atoms with E-state index in [9.17, 15) is 4.79 Å². The van der Waals surface area contributed by atoms with Gasteiger partial charge in [0.1, 0.15) is 12.2 Å². The lowest BCUT2D eigenvalue weighted by atomic mass is 9.95. The fraction of sp³-hybridized carbons (Fsp3) is 0.889. The third-order valence-electron chi connectivity index (χ3n) is 2.51. The van der Waals surface area contributed by atoms with Crippen LogP contribution >= 0.6 is 0 Å². The Kier molecular flexibility index (Phi) is 1.85. The van der Waals surface area contributed by atoms with Gasteiger partial charge in [0.2, 0.25) is 0 Å². The fourth-order valence-electron chi connectivity index (χ4n) is 1.68. The Hall–Kier alpha value is -0.610. The van der Waals surface area contributed by atoms with Crippen LogP contribution in [0.4, 0.5) is 0 Å². The van der Waals surface area contributed by atoms with Gasteiger partial charge in [0.05, 0.1) is 12.5 Å². The van der Waals surface area contributed by atoms with Gasteiger partial charge in [0.25, 0.3) is 0 Å². The molecule has 2 aliphatic rings. The molecule has 2 fully saturated rings. The lowest BCUT2D eigenvalue weighted by molar-refractivity contribution is -0.207. The van der Waals surface area contributed by atoms with Crippen molar-refractivity contribution in [2.24, 2.45) is 5.92 Å². The van der Waals surface area contributed by atoms with Crippen LogP contribution in [0, 0.1) is 5.92 Å². The third-order valence-corrected chi connectivity index (χ3v) is 2.51. The molecule has 0 aromatic rings. The first-order valence-electron chi connectivity index (χ1n) is 4.52. The predicted molar refractivity (Wildman–Crippen MR) is 43.9 cm³/mol. The smallest absolute Gasteiger partial charge is 0.312 e. The van der Waals surface area contributed by atoms with Gasteiger partial charge in [-0.15, -0.1) is 0 Å². The molecule has 0 bridgehead atoms. The summed E-state index contributed by atoms with van der Waals surface area (Å²) in [7, 11) is 0. The van der Waals surface area contributed by atoms with E-state index in [2.05, 4.69) is 0 Å². The van der Waals surface area contributed by atoms with Gasteiger partial charge in [0.15, 0.2) is 5.79 Å². The van der Waals surface area contributed by atoms with Gasteiger partial charge in [0, 0.05) is 0 Å². The van der Waals surface area contributed by atoms with Crippen LogP contribution in [0.1, 0.15) is 20.8 Å². The maximum absolute atomic E-state index is 10.8. The molecule has 0 saturated carbocycles. The summed E-state index contributed by atoms with van der Waals surface area (Å²) in [6.45, 7) is 6.08. The van der Waals surface area contributed by atoms with E-state index >= 15 is 0 Å². The van der Waals surface area contributed by atoms with Crippen LogP contribution in [0.15, 0.2) is 0 Å². The highest BCUT2D eigenvalue weighted by atomic mass is 16.8. The molecule has 2 saturated heterocycles. The molecule has 74 valence electrons. The molecule has 3 atom stereocenters. The first kappa shape index (κ1) is 8.97. The van der Waals surface area contributed by atoms with Gasteiger partial charge in [-0.25, -0.2) is 0 Å². The molecule has 0 aromatic carbocycles. The minimum atomic E-state index is -0.535. The lowest BCUT2D eigenvalue weighted by Gasteiger charge is -2.36. The summed E-state index contributed by atoms with van der Waals surface area (Å²) in [5, 5.41) is 0. The molecule has 4 nitrogen and oxygen atoms in total. The van der Waals surface area contributed by atoms with Gasteiger partial charge in [-0.2, -0.15) is 0 Å². The summed E-state index contributed by atoms with van der Waals surface area (Å²) in [4.78, 5) is 10.8. The van der Waals surface area contributed by atoms with E-state index in [4.69, 9.17) is 14.2 Å². The van der Waals surface area contributed by atoms with Crippen molar-refractivity contribution in [2.45, 2.75) is 38.8 Å². The Morgan fingerprint density at radius 2 is 2.15 bits per heavy atom. The van der Waals surface area contributed by atoms with Crippen LogP contribution in [0.3, 0.4) is 0 Å². The Bertz CT molecular complexity index is 236. The van der Waals surface area contributed by atoms with E-state index in [1.165, 1.54) is 0 Å². The van der Waals surface area contributed by atoms with Crippen LogP contribution in [0.2, 0.25) is 0 Å². The van der Waals surface area contributed by atoms with Crippen LogP contribution in [0.25, 0.3) is 0 Å². The molecule has 0 N–H and O–H groups in total. The van der Waals surface area contributed by atoms with Gasteiger partial charge in [-0.3, -0.25) is 4.79 Å². The van der Waals surface area contributed by atoms with E-state index in [0.717, 1.165) is 0 Å². The molecule has 0 amide bonds. The van der Waals surface area contributed by atoms with E-state index in [0.29, 0.717) is 6.61 Å². The van der Waals surface area contributed by atoms with Crippen molar-refractivity contribution >= 4 is 5.97 Å². The Balaban J connectivity index is 1.94. The highest BCUT2D eigenvalue weighted by Crippen LogP contribution is 2.33. The number of hydrogen-bond acceptors (Lipinski definition) is 4. The molecule has 0 radical (unpaired) electrons. The average molecular weight is 186 g/mol. The standard InChI is InChI=1S/C9H14O4/c1-5-7(12-8(5)10)6-4-11-9(2,3)13-6/h5-7H,4H2,1-3H3. The molecule has 13 heavy (non-hydrogen) atoms. The van der Waals surface area contributed by atoms with E-state index in [1.54, 1.807) is 0 Å². The first-order chi connectivity index (χ1) is 5.99. The summed E-state index contributed by atoms with van der Waals surface area (Å²) >= 11 is 0. The minimum Gasteiger partial charge on any atom is -0.458 e. The average Bonchev–Trinajstić information content (AvgIpc) is 2.40. The topological polar surface area (TPSA) is 44.8 Å². The second-order valence-corrected chi connectivity index (χ2v) is 4.06. The van der Waals surface area contributed by atoms with Crippen molar-refractivity contribution in [3.63, 3.8) is 0 Å². The summed E-state index contributed by atoms with van der Waals surface area (Å²) in [6.07, 6.45) is -0.211. The van der Waals surface area contributed by atoms with Crippen LogP contribution in [-0.2, 0) is 19.0 Å². The summed E-state index contributed by atoms with van der Waals surface area (Å²) < 4.78 is 15.9. The summed E-state index contributed by atoms with van der Waals surface area (Å²) in [5.41, 5.74) is 0. The third kappa shape index (κ3) is 1.44. The molecular weight excluding hydrogens is 172 g/mol. The minimum absolute atomic E-state index is 0.0532. The zero-order valence-electron chi connectivity index (χ0n) is 8.07. The monoisotopic (exact) mass is 186 g/mol. The second kappa shape index (κ2) is 2.69. The number of esters is 1. The molecule has 0 aromatic heterocycles. The predicted octanol–water partition coefficient (Wildman–Crippen LogP) is 0.699. The van der Waals surface area contributed by atoms with E-state index < -0.39 is 5.79 Å². The highest BCUT2D eigenvalue weighted by molar-refractivity contribution is 5.78. The Labute approximate surface area is 77.1 Å². The molecule has 2 heterocycles.